The summed E-state index contributed by atoms with van der Waals surface area (Å²) in [4.78, 5) is 20.4. The van der Waals surface area contributed by atoms with Crippen LogP contribution in [0.25, 0.3) is 0 Å². The lowest BCUT2D eigenvalue weighted by Gasteiger charge is -2.36. The number of guanidine groups is 1. The van der Waals surface area contributed by atoms with E-state index in [0.717, 1.165) is 51.1 Å². The first kappa shape index (κ1) is 25.5. The lowest BCUT2D eigenvalue weighted by Crippen LogP contribution is -2.51. The molecule has 8 heteroatoms. The smallest absolute Gasteiger partial charge is 0.306 e. The summed E-state index contributed by atoms with van der Waals surface area (Å²) in [7, 11) is 0. The first-order valence-corrected chi connectivity index (χ1v) is 10.0. The van der Waals surface area contributed by atoms with Gasteiger partial charge in [-0.05, 0) is 57.9 Å². The number of hydrogen-bond acceptors (Lipinski definition) is 4. The Hall–Kier alpha value is -1.58. The van der Waals surface area contributed by atoms with E-state index in [1.165, 1.54) is 12.1 Å². The van der Waals surface area contributed by atoms with Crippen LogP contribution in [0.15, 0.2) is 29.3 Å². The van der Waals surface area contributed by atoms with Crippen molar-refractivity contribution in [1.82, 2.24) is 4.90 Å². The van der Waals surface area contributed by atoms with Crippen LogP contribution in [0, 0.1) is 5.82 Å². The van der Waals surface area contributed by atoms with Gasteiger partial charge in [0.1, 0.15) is 11.4 Å². The van der Waals surface area contributed by atoms with Crippen molar-refractivity contribution < 1.29 is 13.9 Å². The van der Waals surface area contributed by atoms with Gasteiger partial charge in [-0.2, -0.15) is 0 Å². The zero-order valence-corrected chi connectivity index (χ0v) is 20.0. The van der Waals surface area contributed by atoms with E-state index in [9.17, 15) is 9.18 Å². The molecule has 0 atom stereocenters. The largest absolute Gasteiger partial charge is 0.460 e. The van der Waals surface area contributed by atoms with Gasteiger partial charge < -0.3 is 20.3 Å². The summed E-state index contributed by atoms with van der Waals surface area (Å²) in [6, 6.07) is 6.58. The molecule has 0 unspecified atom stereocenters. The number of rotatable bonds is 7. The molecule has 0 saturated carbocycles. The monoisotopic (exact) mass is 520 g/mol. The van der Waals surface area contributed by atoms with Gasteiger partial charge in [0.05, 0.1) is 0 Å². The molecule has 0 amide bonds. The van der Waals surface area contributed by atoms with Gasteiger partial charge in [0, 0.05) is 44.8 Å². The minimum Gasteiger partial charge on any atom is -0.460 e. The number of ether oxygens (including phenoxy) is 1. The van der Waals surface area contributed by atoms with Gasteiger partial charge in [0.2, 0.25) is 0 Å². The maximum atomic E-state index is 13.0. The fourth-order valence-corrected chi connectivity index (χ4v) is 3.09. The van der Waals surface area contributed by atoms with Crippen molar-refractivity contribution in [2.75, 3.05) is 37.6 Å². The summed E-state index contributed by atoms with van der Waals surface area (Å²) in [5.41, 5.74) is 6.73. The van der Waals surface area contributed by atoms with Crippen LogP contribution >= 0.6 is 24.0 Å². The van der Waals surface area contributed by atoms with E-state index in [4.69, 9.17) is 10.5 Å². The molecular formula is C21H34FIN4O2. The van der Waals surface area contributed by atoms with Crippen LogP contribution in [-0.2, 0) is 9.53 Å². The third-order valence-corrected chi connectivity index (χ3v) is 4.53. The average molecular weight is 520 g/mol. The van der Waals surface area contributed by atoms with Crippen LogP contribution in [-0.4, -0.2) is 55.2 Å². The maximum Gasteiger partial charge on any atom is 0.306 e. The highest BCUT2D eigenvalue weighted by atomic mass is 127. The number of halogens is 2. The second-order valence-corrected chi connectivity index (χ2v) is 8.09. The van der Waals surface area contributed by atoms with E-state index >= 15 is 0 Å². The topological polar surface area (TPSA) is 71.2 Å². The molecule has 164 valence electrons. The number of anilines is 1. The normalized spacial score (nSPS) is 15.1. The molecule has 1 aromatic carbocycles. The summed E-state index contributed by atoms with van der Waals surface area (Å²) in [6.45, 7) is 9.55. The highest BCUT2D eigenvalue weighted by Gasteiger charge is 2.18. The fourth-order valence-electron chi connectivity index (χ4n) is 3.09. The Bertz CT molecular complexity index is 654. The quantitative estimate of drug-likeness (QED) is 0.195. The fraction of sp³-hybridized carbons (Fsp3) is 0.619. The van der Waals surface area contributed by atoms with Gasteiger partial charge in [0.15, 0.2) is 5.96 Å². The second-order valence-electron chi connectivity index (χ2n) is 8.09. The van der Waals surface area contributed by atoms with Gasteiger partial charge >= 0.3 is 5.97 Å². The van der Waals surface area contributed by atoms with Crippen LogP contribution < -0.4 is 10.6 Å². The molecule has 0 aromatic heterocycles. The third-order valence-electron chi connectivity index (χ3n) is 4.53. The number of unbranched alkanes of at least 4 members (excludes halogenated alkanes) is 2. The van der Waals surface area contributed by atoms with Crippen molar-refractivity contribution in [1.29, 1.82) is 0 Å². The molecule has 6 nitrogen and oxygen atoms in total. The Kier molecular flexibility index (Phi) is 10.7. The summed E-state index contributed by atoms with van der Waals surface area (Å²) in [5, 5.41) is 0. The SMILES string of the molecule is CC(C)(C)OC(=O)CCCCCN=C(N)N1CCN(c2ccc(F)cc2)CC1.I. The van der Waals surface area contributed by atoms with Crippen molar-refractivity contribution in [2.24, 2.45) is 10.7 Å². The van der Waals surface area contributed by atoms with E-state index in [1.54, 1.807) is 12.1 Å². The van der Waals surface area contributed by atoms with E-state index in [-0.39, 0.29) is 35.8 Å². The molecular weight excluding hydrogens is 486 g/mol. The van der Waals surface area contributed by atoms with Gasteiger partial charge in [-0.15, -0.1) is 24.0 Å². The Labute approximate surface area is 190 Å². The molecule has 0 radical (unpaired) electrons. The molecule has 2 N–H and O–H groups in total. The van der Waals surface area contributed by atoms with Crippen molar-refractivity contribution >= 4 is 41.6 Å². The number of hydrogen-bond donors (Lipinski definition) is 1. The van der Waals surface area contributed by atoms with Crippen molar-refractivity contribution in [3.05, 3.63) is 30.1 Å². The summed E-state index contributed by atoms with van der Waals surface area (Å²) >= 11 is 0. The van der Waals surface area contributed by atoms with E-state index in [2.05, 4.69) is 14.8 Å². The maximum absolute atomic E-state index is 13.0. The third kappa shape index (κ3) is 9.64. The van der Waals surface area contributed by atoms with Crippen molar-refractivity contribution in [2.45, 2.75) is 52.1 Å². The molecule has 1 aliphatic heterocycles. The predicted octanol–water partition coefficient (Wildman–Crippen LogP) is 3.78. The van der Waals surface area contributed by atoms with E-state index in [0.29, 0.717) is 18.9 Å². The standard InChI is InChI=1S/C21H33FN4O2.HI/c1-21(2,3)28-19(27)7-5-4-6-12-24-20(23)26-15-13-25(14-16-26)18-10-8-17(22)9-11-18;/h8-11H,4-7,12-16H2,1-3H3,(H2,23,24);1H. The van der Waals surface area contributed by atoms with Gasteiger partial charge in [0.25, 0.3) is 0 Å². The lowest BCUT2D eigenvalue weighted by atomic mass is 10.1. The van der Waals surface area contributed by atoms with Crippen molar-refractivity contribution in [3.8, 4) is 0 Å². The Morgan fingerprint density at radius 2 is 1.72 bits per heavy atom. The zero-order valence-electron chi connectivity index (χ0n) is 17.7. The highest BCUT2D eigenvalue weighted by molar-refractivity contribution is 14.0. The predicted molar refractivity (Wildman–Crippen MR) is 126 cm³/mol. The number of nitrogens with two attached hydrogens (primary N) is 1. The summed E-state index contributed by atoms with van der Waals surface area (Å²) in [5.74, 6) is 0.213. The molecule has 0 bridgehead atoms. The van der Waals surface area contributed by atoms with Gasteiger partial charge in [-0.1, -0.05) is 6.42 Å². The highest BCUT2D eigenvalue weighted by Crippen LogP contribution is 2.17. The zero-order chi connectivity index (χ0) is 20.6. The first-order valence-electron chi connectivity index (χ1n) is 10.0. The van der Waals surface area contributed by atoms with Crippen LogP contribution in [0.1, 0.15) is 46.5 Å². The minimum atomic E-state index is -0.420. The van der Waals surface area contributed by atoms with E-state index in [1.807, 2.05) is 20.8 Å². The van der Waals surface area contributed by atoms with E-state index < -0.39 is 5.60 Å². The number of carbonyl (C=O) groups excluding carboxylic acids is 1. The van der Waals surface area contributed by atoms with Crippen LogP contribution in [0.2, 0.25) is 0 Å². The first-order chi connectivity index (χ1) is 13.2. The van der Waals surface area contributed by atoms with Gasteiger partial charge in [-0.25, -0.2) is 4.39 Å². The molecule has 29 heavy (non-hydrogen) atoms. The summed E-state index contributed by atoms with van der Waals surface area (Å²) in [6.07, 6.45) is 3.08. The molecule has 1 aromatic rings. The van der Waals surface area contributed by atoms with Crippen LogP contribution in [0.3, 0.4) is 0 Å². The average Bonchev–Trinajstić information content (AvgIpc) is 2.63. The molecule has 0 aliphatic carbocycles. The van der Waals surface area contributed by atoms with Gasteiger partial charge in [-0.3, -0.25) is 9.79 Å². The number of aliphatic imine (C=N–C) groups is 1. The Morgan fingerprint density at radius 3 is 2.31 bits per heavy atom. The minimum absolute atomic E-state index is 0. The van der Waals surface area contributed by atoms with Crippen molar-refractivity contribution in [3.63, 3.8) is 0 Å². The number of benzene rings is 1. The van der Waals surface area contributed by atoms with Crippen LogP contribution in [0.4, 0.5) is 10.1 Å². The number of piperazine rings is 1. The Balaban J connectivity index is 0.00000420. The summed E-state index contributed by atoms with van der Waals surface area (Å²) < 4.78 is 18.3. The second kappa shape index (κ2) is 12.2. The molecule has 0 spiro atoms. The lowest BCUT2D eigenvalue weighted by molar-refractivity contribution is -0.154. The molecule has 1 heterocycles. The molecule has 1 fully saturated rings. The molecule has 2 rings (SSSR count). The molecule has 1 aliphatic rings. The Morgan fingerprint density at radius 1 is 1.10 bits per heavy atom. The number of nitrogens with zero attached hydrogens (tertiary/aromatic N) is 3. The number of esters is 1. The number of carbonyl (C=O) groups is 1. The molecule has 1 saturated heterocycles. The van der Waals surface area contributed by atoms with Crippen LogP contribution in [0.5, 0.6) is 0 Å².